The lowest BCUT2D eigenvalue weighted by Crippen LogP contribution is -2.38. The number of oxazole rings is 1. The van der Waals surface area contributed by atoms with Crippen molar-refractivity contribution in [1.29, 1.82) is 0 Å². The van der Waals surface area contributed by atoms with Gasteiger partial charge in [-0.05, 0) is 19.1 Å². The van der Waals surface area contributed by atoms with Crippen molar-refractivity contribution < 1.29 is 13.9 Å². The van der Waals surface area contributed by atoms with Crippen LogP contribution in [0.4, 0.5) is 0 Å². The van der Waals surface area contributed by atoms with Crippen LogP contribution >= 0.6 is 0 Å². The molecular weight excluding hydrogens is 268 g/mol. The van der Waals surface area contributed by atoms with Gasteiger partial charge in [0.25, 0.3) is 5.91 Å². The number of nitrogens with zero attached hydrogens (tertiary/aromatic N) is 1. The van der Waals surface area contributed by atoms with Gasteiger partial charge in [-0.2, -0.15) is 0 Å². The van der Waals surface area contributed by atoms with Crippen LogP contribution in [0, 0.1) is 0 Å². The van der Waals surface area contributed by atoms with Crippen molar-refractivity contribution in [2.45, 2.75) is 39.8 Å². The Balaban J connectivity index is 0.000000774. The average Bonchev–Trinajstić information content (AvgIpc) is 2.91. The van der Waals surface area contributed by atoms with Gasteiger partial charge in [0, 0.05) is 12.5 Å². The maximum absolute atomic E-state index is 11.7. The van der Waals surface area contributed by atoms with Crippen LogP contribution in [0.5, 0.6) is 5.75 Å². The van der Waals surface area contributed by atoms with Gasteiger partial charge in [0.15, 0.2) is 6.61 Å². The minimum atomic E-state index is -0.202. The summed E-state index contributed by atoms with van der Waals surface area (Å²) in [6.07, 6.45) is 0.690. The molecule has 0 spiro atoms. The first kappa shape index (κ1) is 15.1. The van der Waals surface area contributed by atoms with E-state index < -0.39 is 0 Å². The van der Waals surface area contributed by atoms with Gasteiger partial charge in [0.05, 0.1) is 5.69 Å². The summed E-state index contributed by atoms with van der Waals surface area (Å²) in [5.74, 6) is 1.28. The summed E-state index contributed by atoms with van der Waals surface area (Å²) >= 11 is 0. The molecule has 2 aromatic rings. The van der Waals surface area contributed by atoms with Crippen LogP contribution in [0.15, 0.2) is 34.7 Å². The van der Waals surface area contributed by atoms with Crippen molar-refractivity contribution in [2.75, 3.05) is 0 Å². The number of carbonyl (C=O) groups is 1. The molecule has 1 aliphatic heterocycles. The van der Waals surface area contributed by atoms with Crippen molar-refractivity contribution in [3.63, 3.8) is 0 Å². The van der Waals surface area contributed by atoms with Crippen LogP contribution in [0.3, 0.4) is 0 Å². The van der Waals surface area contributed by atoms with Gasteiger partial charge in [0.1, 0.15) is 5.75 Å². The molecule has 0 fully saturated rings. The van der Waals surface area contributed by atoms with Gasteiger partial charge in [-0.1, -0.05) is 32.0 Å². The Hall–Kier alpha value is -2.30. The number of para-hydroxylation sites is 1. The van der Waals surface area contributed by atoms with Gasteiger partial charge in [-0.15, -0.1) is 0 Å². The molecule has 0 radical (unpaired) electrons. The Morgan fingerprint density at radius 1 is 1.33 bits per heavy atom. The second kappa shape index (κ2) is 6.92. The standard InChI is InChI=1S/C14H14N2O3.C2H6/c1-9-7-11-13(14(17)15-9)19-12(16-11)8-18-10-5-3-2-4-6-10;1-2/h2-6,9H,7-8H2,1H3,(H,15,17);1-2H3. The van der Waals surface area contributed by atoms with E-state index in [0.717, 1.165) is 5.75 Å². The van der Waals surface area contributed by atoms with Gasteiger partial charge in [0.2, 0.25) is 11.7 Å². The number of hydrogen-bond donors (Lipinski definition) is 1. The first-order chi connectivity index (χ1) is 10.2. The Morgan fingerprint density at radius 2 is 2.05 bits per heavy atom. The molecule has 1 N–H and O–H groups in total. The fraction of sp³-hybridized carbons (Fsp3) is 0.375. The Kier molecular flexibility index (Phi) is 4.98. The third kappa shape index (κ3) is 3.62. The van der Waals surface area contributed by atoms with E-state index in [0.29, 0.717) is 23.8 Å². The van der Waals surface area contributed by atoms with Gasteiger partial charge >= 0.3 is 0 Å². The van der Waals surface area contributed by atoms with Gasteiger partial charge in [-0.3, -0.25) is 4.79 Å². The lowest BCUT2D eigenvalue weighted by molar-refractivity contribution is 0.0894. The summed E-state index contributed by atoms with van der Waals surface area (Å²) in [5, 5.41) is 2.81. The molecule has 0 saturated heterocycles. The van der Waals surface area contributed by atoms with E-state index in [2.05, 4.69) is 10.3 Å². The summed E-state index contributed by atoms with van der Waals surface area (Å²) in [7, 11) is 0. The fourth-order valence-corrected chi connectivity index (χ4v) is 2.07. The Morgan fingerprint density at radius 3 is 2.76 bits per heavy atom. The zero-order valence-electron chi connectivity index (χ0n) is 12.6. The number of rotatable bonds is 3. The zero-order chi connectivity index (χ0) is 15.2. The predicted molar refractivity (Wildman–Crippen MR) is 79.3 cm³/mol. The fourth-order valence-electron chi connectivity index (χ4n) is 2.07. The molecular formula is C16H20N2O3. The van der Waals surface area contributed by atoms with E-state index in [-0.39, 0.29) is 18.6 Å². The molecule has 3 rings (SSSR count). The van der Waals surface area contributed by atoms with E-state index in [4.69, 9.17) is 9.15 Å². The minimum Gasteiger partial charge on any atom is -0.484 e. The van der Waals surface area contributed by atoms with E-state index in [1.54, 1.807) is 0 Å². The molecule has 1 unspecified atom stereocenters. The normalized spacial score (nSPS) is 16.3. The van der Waals surface area contributed by atoms with Crippen molar-refractivity contribution in [2.24, 2.45) is 0 Å². The number of amides is 1. The van der Waals surface area contributed by atoms with Crippen LogP contribution in [0.2, 0.25) is 0 Å². The van der Waals surface area contributed by atoms with E-state index in [9.17, 15) is 4.79 Å². The first-order valence-corrected chi connectivity index (χ1v) is 7.19. The van der Waals surface area contributed by atoms with Crippen LogP contribution in [-0.2, 0) is 13.0 Å². The topological polar surface area (TPSA) is 64.4 Å². The lowest BCUT2D eigenvalue weighted by atomic mass is 10.1. The van der Waals surface area contributed by atoms with E-state index in [1.807, 2.05) is 51.1 Å². The number of nitrogens with one attached hydrogen (secondary N) is 1. The molecule has 2 heterocycles. The number of ether oxygens (including phenoxy) is 1. The molecule has 21 heavy (non-hydrogen) atoms. The van der Waals surface area contributed by atoms with Crippen molar-refractivity contribution in [1.82, 2.24) is 10.3 Å². The minimum absolute atomic E-state index is 0.0907. The van der Waals surface area contributed by atoms with Gasteiger partial charge in [-0.25, -0.2) is 4.98 Å². The highest BCUT2D eigenvalue weighted by atomic mass is 16.5. The quantitative estimate of drug-likeness (QED) is 0.943. The summed E-state index contributed by atoms with van der Waals surface area (Å²) in [5.41, 5.74) is 0.711. The number of benzene rings is 1. The third-order valence-corrected chi connectivity index (χ3v) is 2.93. The second-order valence-electron chi connectivity index (χ2n) is 4.56. The monoisotopic (exact) mass is 288 g/mol. The highest BCUT2D eigenvalue weighted by molar-refractivity contribution is 5.93. The highest BCUT2D eigenvalue weighted by Gasteiger charge is 2.27. The first-order valence-electron chi connectivity index (χ1n) is 7.19. The number of fused-ring (bicyclic) bond motifs is 1. The maximum atomic E-state index is 11.7. The summed E-state index contributed by atoms with van der Waals surface area (Å²) in [6.45, 7) is 6.16. The molecule has 0 aliphatic carbocycles. The molecule has 0 bridgehead atoms. The molecule has 5 nitrogen and oxygen atoms in total. The van der Waals surface area contributed by atoms with Crippen LogP contribution < -0.4 is 10.1 Å². The summed E-state index contributed by atoms with van der Waals surface area (Å²) in [4.78, 5) is 16.0. The molecule has 1 aromatic carbocycles. The predicted octanol–water partition coefficient (Wildman–Crippen LogP) is 2.95. The van der Waals surface area contributed by atoms with Crippen molar-refractivity contribution >= 4 is 5.91 Å². The van der Waals surface area contributed by atoms with Gasteiger partial charge < -0.3 is 14.5 Å². The number of carbonyl (C=O) groups excluding carboxylic acids is 1. The second-order valence-corrected chi connectivity index (χ2v) is 4.56. The smallest absolute Gasteiger partial charge is 0.289 e. The maximum Gasteiger partial charge on any atom is 0.289 e. The van der Waals surface area contributed by atoms with E-state index >= 15 is 0 Å². The Labute approximate surface area is 124 Å². The molecule has 1 aromatic heterocycles. The lowest BCUT2D eigenvalue weighted by Gasteiger charge is -2.16. The SMILES string of the molecule is CC.CC1Cc2nc(COc3ccccc3)oc2C(=O)N1. The molecule has 1 amide bonds. The van der Waals surface area contributed by atoms with Crippen LogP contribution in [0.25, 0.3) is 0 Å². The molecule has 112 valence electrons. The zero-order valence-corrected chi connectivity index (χ0v) is 12.6. The number of hydrogen-bond acceptors (Lipinski definition) is 4. The Bertz CT molecular complexity index is 593. The largest absolute Gasteiger partial charge is 0.484 e. The molecule has 1 aliphatic rings. The molecule has 0 saturated carbocycles. The summed E-state index contributed by atoms with van der Waals surface area (Å²) < 4.78 is 11.0. The van der Waals surface area contributed by atoms with Crippen LogP contribution in [0.1, 0.15) is 42.9 Å². The van der Waals surface area contributed by atoms with Crippen molar-refractivity contribution in [3.8, 4) is 5.75 Å². The number of aromatic nitrogens is 1. The molecule has 5 heteroatoms. The van der Waals surface area contributed by atoms with E-state index in [1.165, 1.54) is 0 Å². The molecule has 1 atom stereocenters. The summed E-state index contributed by atoms with van der Waals surface area (Å²) in [6, 6.07) is 9.52. The van der Waals surface area contributed by atoms with Crippen molar-refractivity contribution in [3.05, 3.63) is 47.7 Å². The third-order valence-electron chi connectivity index (χ3n) is 2.93. The average molecular weight is 288 g/mol. The highest BCUT2D eigenvalue weighted by Crippen LogP contribution is 2.19. The van der Waals surface area contributed by atoms with Crippen LogP contribution in [-0.4, -0.2) is 16.9 Å².